The highest BCUT2D eigenvalue weighted by molar-refractivity contribution is 8.00. The van der Waals surface area contributed by atoms with Crippen LogP contribution in [0.5, 0.6) is 0 Å². The van der Waals surface area contributed by atoms with Crippen molar-refractivity contribution in [3.63, 3.8) is 0 Å². The molecule has 118 valence electrons. The molecule has 0 saturated heterocycles. The second-order valence-corrected chi connectivity index (χ2v) is 5.84. The Morgan fingerprint density at radius 1 is 1.24 bits per heavy atom. The molecule has 0 spiro atoms. The van der Waals surface area contributed by atoms with Gasteiger partial charge in [-0.05, 0) is 38.2 Å². The summed E-state index contributed by atoms with van der Waals surface area (Å²) in [6.45, 7) is 2.57. The lowest BCUT2D eigenvalue weighted by molar-refractivity contribution is -0.118. The first-order valence-corrected chi connectivity index (χ1v) is 7.86. The number of rotatable bonds is 8. The first-order valence-electron chi connectivity index (χ1n) is 6.33. The second-order valence-electron chi connectivity index (χ2n) is 4.42. The monoisotopic (exact) mass is 350 g/mol. The summed E-state index contributed by atoms with van der Waals surface area (Å²) in [7, 11) is 1.84. The lowest BCUT2D eigenvalue weighted by atomic mass is 10.1. The van der Waals surface area contributed by atoms with E-state index in [9.17, 15) is 9.59 Å². The van der Waals surface area contributed by atoms with E-state index in [2.05, 4.69) is 10.6 Å². The number of benzene rings is 1. The molecule has 0 heterocycles. The highest BCUT2D eigenvalue weighted by Gasteiger charge is 2.08. The Morgan fingerprint density at radius 2 is 1.86 bits per heavy atom. The highest BCUT2D eigenvalue weighted by atomic mass is 35.5. The number of carbonyl (C=O) groups excluding carboxylic acids is 2. The molecule has 4 nitrogen and oxygen atoms in total. The third-order valence-corrected chi connectivity index (χ3v) is 3.92. The molecule has 1 rings (SSSR count). The zero-order valence-corrected chi connectivity index (χ0v) is 14.4. The van der Waals surface area contributed by atoms with E-state index in [0.29, 0.717) is 17.1 Å². The zero-order valence-electron chi connectivity index (χ0n) is 12.0. The molecule has 0 aromatic heterocycles. The van der Waals surface area contributed by atoms with Gasteiger partial charge in [-0.1, -0.05) is 11.6 Å². The fourth-order valence-electron chi connectivity index (χ4n) is 1.38. The van der Waals surface area contributed by atoms with Crippen LogP contribution in [0.4, 0.5) is 0 Å². The first-order chi connectivity index (χ1) is 9.52. The van der Waals surface area contributed by atoms with E-state index in [0.717, 1.165) is 0 Å². The Morgan fingerprint density at radius 3 is 2.43 bits per heavy atom. The van der Waals surface area contributed by atoms with Crippen LogP contribution < -0.4 is 10.6 Å². The lowest BCUT2D eigenvalue weighted by Crippen LogP contribution is -2.38. The third kappa shape index (κ3) is 8.31. The quantitative estimate of drug-likeness (QED) is 0.706. The molecule has 1 atom stereocenters. The number of hydrogen-bond acceptors (Lipinski definition) is 4. The minimum atomic E-state index is -0.0546. The predicted molar refractivity (Wildman–Crippen MR) is 91.9 cm³/mol. The van der Waals surface area contributed by atoms with Crippen molar-refractivity contribution in [3.05, 3.63) is 34.9 Å². The fraction of sp³-hybridized carbons (Fsp3) is 0.429. The number of carbonyl (C=O) groups is 2. The summed E-state index contributed by atoms with van der Waals surface area (Å²) >= 11 is 7.07. The number of likely N-dealkylation sites (N-methyl/N-ethyl adjacent to an activating group) is 1. The molecule has 0 aliphatic rings. The van der Waals surface area contributed by atoms with Crippen molar-refractivity contribution in [2.45, 2.75) is 13.0 Å². The van der Waals surface area contributed by atoms with Crippen molar-refractivity contribution in [1.29, 1.82) is 0 Å². The fourth-order valence-corrected chi connectivity index (χ4v) is 2.24. The molecule has 1 unspecified atom stereocenters. The van der Waals surface area contributed by atoms with Crippen LogP contribution in [0.3, 0.4) is 0 Å². The van der Waals surface area contributed by atoms with Gasteiger partial charge in [0.1, 0.15) is 0 Å². The molecule has 1 aromatic rings. The van der Waals surface area contributed by atoms with Gasteiger partial charge in [0.05, 0.1) is 11.5 Å². The van der Waals surface area contributed by atoms with Gasteiger partial charge in [-0.2, -0.15) is 0 Å². The van der Waals surface area contributed by atoms with Crippen LogP contribution in [0.25, 0.3) is 0 Å². The van der Waals surface area contributed by atoms with Crippen molar-refractivity contribution in [1.82, 2.24) is 10.6 Å². The Balaban J connectivity index is 0.00000400. The van der Waals surface area contributed by atoms with Crippen LogP contribution in [0.2, 0.25) is 5.02 Å². The van der Waals surface area contributed by atoms with Crippen molar-refractivity contribution in [3.8, 4) is 0 Å². The number of halogens is 2. The molecule has 1 amide bonds. The van der Waals surface area contributed by atoms with Crippen LogP contribution in [-0.2, 0) is 4.79 Å². The first kappa shape index (κ1) is 20.2. The summed E-state index contributed by atoms with van der Waals surface area (Å²) in [5.41, 5.74) is 0.617. The van der Waals surface area contributed by atoms with E-state index < -0.39 is 0 Å². The van der Waals surface area contributed by atoms with Gasteiger partial charge in [-0.15, -0.1) is 24.2 Å². The van der Waals surface area contributed by atoms with Gasteiger partial charge in [0, 0.05) is 23.2 Å². The van der Waals surface area contributed by atoms with Crippen molar-refractivity contribution in [2.24, 2.45) is 0 Å². The largest absolute Gasteiger partial charge is 0.354 e. The summed E-state index contributed by atoms with van der Waals surface area (Å²) in [5, 5.41) is 6.44. The average Bonchev–Trinajstić information content (AvgIpc) is 2.45. The smallest absolute Gasteiger partial charge is 0.230 e. The molecule has 0 aliphatic heterocycles. The number of amides is 1. The molecule has 0 saturated carbocycles. The average molecular weight is 351 g/mol. The molecule has 7 heteroatoms. The minimum Gasteiger partial charge on any atom is -0.354 e. The standard InChI is InChI=1S/C14H19ClN2O2S.ClH/c1-10(16-2)7-17-14(19)9-20-8-13(18)11-3-5-12(15)6-4-11;/h3-6,10,16H,7-9H2,1-2H3,(H,17,19);1H. The van der Waals surface area contributed by atoms with Gasteiger partial charge in [0.25, 0.3) is 0 Å². The lowest BCUT2D eigenvalue weighted by Gasteiger charge is -2.11. The van der Waals surface area contributed by atoms with Crippen LogP contribution in [0.1, 0.15) is 17.3 Å². The van der Waals surface area contributed by atoms with E-state index in [-0.39, 0.29) is 41.6 Å². The molecular weight excluding hydrogens is 331 g/mol. The summed E-state index contributed by atoms with van der Waals surface area (Å²) < 4.78 is 0. The third-order valence-electron chi connectivity index (χ3n) is 2.73. The van der Waals surface area contributed by atoms with Crippen LogP contribution in [-0.4, -0.2) is 42.8 Å². The van der Waals surface area contributed by atoms with Crippen molar-refractivity contribution < 1.29 is 9.59 Å². The molecule has 0 radical (unpaired) electrons. The van der Waals surface area contributed by atoms with E-state index in [1.807, 2.05) is 14.0 Å². The van der Waals surface area contributed by atoms with Crippen molar-refractivity contribution >= 4 is 47.5 Å². The summed E-state index contributed by atoms with van der Waals surface area (Å²) in [6.07, 6.45) is 0. The molecular formula is C14H20Cl2N2O2S. The zero-order chi connectivity index (χ0) is 15.0. The van der Waals surface area contributed by atoms with Crippen LogP contribution in [0.15, 0.2) is 24.3 Å². The molecule has 0 fully saturated rings. The minimum absolute atomic E-state index is 0. The number of hydrogen-bond donors (Lipinski definition) is 2. The van der Waals surface area contributed by atoms with Gasteiger partial charge in [0.15, 0.2) is 5.78 Å². The van der Waals surface area contributed by atoms with E-state index in [1.54, 1.807) is 24.3 Å². The molecule has 0 aliphatic carbocycles. The summed E-state index contributed by atoms with van der Waals surface area (Å²) in [4.78, 5) is 23.4. The van der Waals surface area contributed by atoms with Crippen LogP contribution in [0, 0.1) is 0 Å². The van der Waals surface area contributed by atoms with E-state index in [4.69, 9.17) is 11.6 Å². The maximum Gasteiger partial charge on any atom is 0.230 e. The van der Waals surface area contributed by atoms with Gasteiger partial charge in [-0.25, -0.2) is 0 Å². The normalized spacial score (nSPS) is 11.4. The summed E-state index contributed by atoms with van der Waals surface area (Å²) in [6, 6.07) is 7.00. The number of nitrogens with one attached hydrogen (secondary N) is 2. The Bertz CT molecular complexity index is 455. The maximum absolute atomic E-state index is 11.8. The number of thioether (sulfide) groups is 1. The van der Waals surface area contributed by atoms with E-state index in [1.165, 1.54) is 11.8 Å². The maximum atomic E-state index is 11.8. The van der Waals surface area contributed by atoms with Crippen LogP contribution >= 0.6 is 35.8 Å². The highest BCUT2D eigenvalue weighted by Crippen LogP contribution is 2.12. The van der Waals surface area contributed by atoms with Gasteiger partial charge in [-0.3, -0.25) is 9.59 Å². The molecule has 0 bridgehead atoms. The molecule has 21 heavy (non-hydrogen) atoms. The topological polar surface area (TPSA) is 58.2 Å². The molecule has 1 aromatic carbocycles. The van der Waals surface area contributed by atoms with Gasteiger partial charge < -0.3 is 10.6 Å². The summed E-state index contributed by atoms with van der Waals surface area (Å²) in [5.74, 6) is 0.524. The Kier molecular flexibility index (Phi) is 10.5. The van der Waals surface area contributed by atoms with Gasteiger partial charge in [0.2, 0.25) is 5.91 Å². The van der Waals surface area contributed by atoms with E-state index >= 15 is 0 Å². The Hall–Kier alpha value is -0.750. The number of Topliss-reactive ketones (excluding diaryl/α,β-unsaturated/α-hetero) is 1. The SMILES string of the molecule is CNC(C)CNC(=O)CSCC(=O)c1ccc(Cl)cc1.Cl. The van der Waals surface area contributed by atoms with Gasteiger partial charge >= 0.3 is 0 Å². The number of ketones is 1. The molecule has 2 N–H and O–H groups in total. The predicted octanol–water partition coefficient (Wildman–Crippen LogP) is 2.40. The Labute approximate surface area is 140 Å². The second kappa shape index (κ2) is 10.9. The van der Waals surface area contributed by atoms with Crippen molar-refractivity contribution in [2.75, 3.05) is 25.1 Å².